The van der Waals surface area contributed by atoms with Crippen LogP contribution in [-0.2, 0) is 5.41 Å². The number of rotatable bonds is 7. The molecule has 0 heterocycles. The molecule has 0 unspecified atom stereocenters. The second kappa shape index (κ2) is 8.79. The minimum Gasteiger partial charge on any atom is -1.00 e. The van der Waals surface area contributed by atoms with Crippen LogP contribution in [0.5, 0.6) is 5.75 Å². The summed E-state index contributed by atoms with van der Waals surface area (Å²) in [6, 6.07) is 8.55. The van der Waals surface area contributed by atoms with Gasteiger partial charge in [0, 0.05) is 0 Å². The molecule has 3 heteroatoms. The van der Waals surface area contributed by atoms with E-state index in [-0.39, 0.29) is 22.4 Å². The van der Waals surface area contributed by atoms with Gasteiger partial charge in [-0.1, -0.05) is 32.9 Å². The molecule has 0 aromatic heterocycles. The molecule has 1 aromatic rings. The Labute approximate surface area is 141 Å². The Kier molecular flexibility index (Phi) is 8.57. The normalized spacial score (nSPS) is 11.9. The molecule has 2 nitrogen and oxygen atoms in total. The number of benzene rings is 1. The standard InChI is InChI=1S/C18H32NO.BrH/c1-7-19(8-2,9-3)14-15-20-17-12-10-16(11-13-17)18(4,5)6;/h10-13H,7-9,14-15H2,1-6H3;1H/q+1;/p-1. The van der Waals surface area contributed by atoms with Gasteiger partial charge in [0.1, 0.15) is 18.9 Å². The van der Waals surface area contributed by atoms with Crippen molar-refractivity contribution in [2.45, 2.75) is 47.0 Å². The number of nitrogens with zero attached hydrogens (tertiary/aromatic N) is 1. The van der Waals surface area contributed by atoms with Gasteiger partial charge in [-0.2, -0.15) is 0 Å². The molecule has 0 aliphatic heterocycles. The van der Waals surface area contributed by atoms with Crippen LogP contribution in [0.4, 0.5) is 0 Å². The number of likely N-dealkylation sites (N-methyl/N-ethyl adjacent to an activating group) is 1. The van der Waals surface area contributed by atoms with E-state index in [1.165, 1.54) is 25.2 Å². The van der Waals surface area contributed by atoms with E-state index < -0.39 is 0 Å². The van der Waals surface area contributed by atoms with Crippen molar-refractivity contribution >= 4 is 0 Å². The fourth-order valence-corrected chi connectivity index (χ4v) is 2.55. The van der Waals surface area contributed by atoms with Crippen LogP contribution in [0.1, 0.15) is 47.1 Å². The van der Waals surface area contributed by atoms with Gasteiger partial charge >= 0.3 is 0 Å². The molecule has 122 valence electrons. The molecule has 0 N–H and O–H groups in total. The average molecular weight is 358 g/mol. The predicted molar refractivity (Wildman–Crippen MR) is 87.4 cm³/mol. The zero-order valence-corrected chi connectivity index (χ0v) is 16.2. The maximum absolute atomic E-state index is 5.92. The average Bonchev–Trinajstić information content (AvgIpc) is 2.44. The third kappa shape index (κ3) is 5.99. The summed E-state index contributed by atoms with van der Waals surface area (Å²) in [4.78, 5) is 0. The van der Waals surface area contributed by atoms with Gasteiger partial charge in [0.15, 0.2) is 0 Å². The highest BCUT2D eigenvalue weighted by Crippen LogP contribution is 2.24. The van der Waals surface area contributed by atoms with Crippen molar-refractivity contribution in [1.29, 1.82) is 0 Å². The van der Waals surface area contributed by atoms with Crippen molar-refractivity contribution in [1.82, 2.24) is 0 Å². The smallest absolute Gasteiger partial charge is 0.137 e. The summed E-state index contributed by atoms with van der Waals surface area (Å²) < 4.78 is 7.06. The summed E-state index contributed by atoms with van der Waals surface area (Å²) >= 11 is 0. The van der Waals surface area contributed by atoms with Crippen LogP contribution < -0.4 is 21.7 Å². The third-order valence-corrected chi connectivity index (χ3v) is 4.57. The molecule has 1 rings (SSSR count). The molecular weight excluding hydrogens is 326 g/mol. The van der Waals surface area contributed by atoms with E-state index >= 15 is 0 Å². The Morgan fingerprint density at radius 1 is 0.905 bits per heavy atom. The lowest BCUT2D eigenvalue weighted by molar-refractivity contribution is -0.923. The van der Waals surface area contributed by atoms with Crippen molar-refractivity contribution in [2.75, 3.05) is 32.8 Å². The van der Waals surface area contributed by atoms with Gasteiger partial charge in [-0.3, -0.25) is 0 Å². The van der Waals surface area contributed by atoms with E-state index in [4.69, 9.17) is 4.74 Å². The van der Waals surface area contributed by atoms with Crippen molar-refractivity contribution in [2.24, 2.45) is 0 Å². The molecule has 0 spiro atoms. The van der Waals surface area contributed by atoms with Crippen LogP contribution in [-0.4, -0.2) is 37.3 Å². The van der Waals surface area contributed by atoms with Crippen LogP contribution in [0.15, 0.2) is 24.3 Å². The largest absolute Gasteiger partial charge is 1.00 e. The van der Waals surface area contributed by atoms with Gasteiger partial charge in [-0.15, -0.1) is 0 Å². The predicted octanol–water partition coefficient (Wildman–Crippen LogP) is 1.24. The summed E-state index contributed by atoms with van der Waals surface area (Å²) in [5, 5.41) is 0. The van der Waals surface area contributed by atoms with Crippen LogP contribution in [0.25, 0.3) is 0 Å². The summed E-state index contributed by atoms with van der Waals surface area (Å²) in [6.45, 7) is 18.9. The van der Waals surface area contributed by atoms with Crippen molar-refractivity contribution in [3.8, 4) is 5.75 Å². The SMILES string of the molecule is CC[N+](CC)(CC)CCOc1ccc(C(C)(C)C)cc1.[Br-]. The van der Waals surface area contributed by atoms with Crippen LogP contribution in [0.3, 0.4) is 0 Å². The van der Waals surface area contributed by atoms with Gasteiger partial charge in [0.2, 0.25) is 0 Å². The molecule has 21 heavy (non-hydrogen) atoms. The molecule has 0 bridgehead atoms. The molecule has 0 radical (unpaired) electrons. The first-order valence-corrected chi connectivity index (χ1v) is 7.95. The highest BCUT2D eigenvalue weighted by Gasteiger charge is 2.20. The Hall–Kier alpha value is -0.540. The molecule has 0 fully saturated rings. The third-order valence-electron chi connectivity index (χ3n) is 4.57. The number of halogens is 1. The molecule has 0 aliphatic rings. The first kappa shape index (κ1) is 20.5. The molecule has 0 saturated heterocycles. The van der Waals surface area contributed by atoms with Crippen LogP contribution in [0, 0.1) is 0 Å². The second-order valence-corrected chi connectivity index (χ2v) is 6.64. The number of hydrogen-bond acceptors (Lipinski definition) is 1. The second-order valence-electron chi connectivity index (χ2n) is 6.64. The van der Waals surface area contributed by atoms with E-state index in [1.807, 2.05) is 0 Å². The molecule has 0 saturated carbocycles. The first-order valence-electron chi connectivity index (χ1n) is 7.95. The van der Waals surface area contributed by atoms with Gasteiger partial charge in [0.05, 0.1) is 19.6 Å². The quantitative estimate of drug-likeness (QED) is 0.667. The Morgan fingerprint density at radius 3 is 1.76 bits per heavy atom. The van der Waals surface area contributed by atoms with Crippen LogP contribution >= 0.6 is 0 Å². The van der Waals surface area contributed by atoms with Gasteiger partial charge in [-0.25, -0.2) is 0 Å². The lowest BCUT2D eigenvalue weighted by Crippen LogP contribution is -3.00. The molecule has 0 amide bonds. The minimum atomic E-state index is 0. The van der Waals surface area contributed by atoms with Crippen molar-refractivity contribution in [3.63, 3.8) is 0 Å². The fourth-order valence-electron chi connectivity index (χ4n) is 2.55. The van der Waals surface area contributed by atoms with Gasteiger partial charge in [0.25, 0.3) is 0 Å². The summed E-state index contributed by atoms with van der Waals surface area (Å²) in [6.07, 6.45) is 0. The van der Waals surface area contributed by atoms with E-state index in [2.05, 4.69) is 65.8 Å². The highest BCUT2D eigenvalue weighted by molar-refractivity contribution is 5.31. The lowest BCUT2D eigenvalue weighted by atomic mass is 9.87. The molecule has 0 aliphatic carbocycles. The molecule has 1 aromatic carbocycles. The van der Waals surface area contributed by atoms with E-state index in [0.29, 0.717) is 0 Å². The maximum Gasteiger partial charge on any atom is 0.137 e. The van der Waals surface area contributed by atoms with E-state index in [0.717, 1.165) is 23.4 Å². The van der Waals surface area contributed by atoms with Gasteiger partial charge < -0.3 is 26.2 Å². The maximum atomic E-state index is 5.92. The number of quaternary nitrogens is 1. The minimum absolute atomic E-state index is 0. The first-order chi connectivity index (χ1) is 9.37. The van der Waals surface area contributed by atoms with Crippen molar-refractivity contribution < 1.29 is 26.2 Å². The molecular formula is C18H32BrNO. The Balaban J connectivity index is 0.00000400. The fraction of sp³-hybridized carbons (Fsp3) is 0.667. The lowest BCUT2D eigenvalue weighted by Gasteiger charge is -2.35. The zero-order valence-electron chi connectivity index (χ0n) is 14.6. The topological polar surface area (TPSA) is 9.23 Å². The summed E-state index contributed by atoms with van der Waals surface area (Å²) in [5.41, 5.74) is 1.56. The number of hydrogen-bond donors (Lipinski definition) is 0. The summed E-state index contributed by atoms with van der Waals surface area (Å²) in [5.74, 6) is 0.986. The zero-order chi connectivity index (χ0) is 15.2. The monoisotopic (exact) mass is 357 g/mol. The van der Waals surface area contributed by atoms with E-state index in [9.17, 15) is 0 Å². The Bertz CT molecular complexity index is 382. The van der Waals surface area contributed by atoms with Crippen LogP contribution in [0.2, 0.25) is 0 Å². The van der Waals surface area contributed by atoms with Crippen molar-refractivity contribution in [3.05, 3.63) is 29.8 Å². The van der Waals surface area contributed by atoms with Gasteiger partial charge in [-0.05, 0) is 43.9 Å². The molecule has 0 atom stereocenters. The highest BCUT2D eigenvalue weighted by atomic mass is 79.9. The Morgan fingerprint density at radius 2 is 1.38 bits per heavy atom. The van der Waals surface area contributed by atoms with E-state index in [1.54, 1.807) is 0 Å². The number of ether oxygens (including phenoxy) is 1. The summed E-state index contributed by atoms with van der Waals surface area (Å²) in [7, 11) is 0.